The third-order valence-electron chi connectivity index (χ3n) is 1.41. The first kappa shape index (κ1) is 10.1. The summed E-state index contributed by atoms with van der Waals surface area (Å²) in [5.41, 5.74) is 8.20. The number of hydrogen-bond acceptors (Lipinski definition) is 3. The molecule has 0 aliphatic rings. The third-order valence-corrected chi connectivity index (χ3v) is 2.54. The highest BCUT2D eigenvalue weighted by molar-refractivity contribution is 7.90. The number of nitriles is 1. The van der Waals surface area contributed by atoms with Crippen LogP contribution in [0.3, 0.4) is 0 Å². The Morgan fingerprint density at radius 3 is 2.79 bits per heavy atom. The molecule has 0 bridgehead atoms. The molecule has 70 valence electrons. The zero-order chi connectivity index (χ0) is 10.6. The monoisotopic (exact) mass is 208 g/mol. The predicted octanol–water partition coefficient (Wildman–Crippen LogP) is 1.56. The van der Waals surface area contributed by atoms with E-state index >= 15 is 0 Å². The molecule has 1 aromatic carbocycles. The zero-order valence-electron chi connectivity index (χ0n) is 6.82. The fourth-order valence-electron chi connectivity index (χ4n) is 0.821. The average Bonchev–Trinajstić information content (AvgIpc) is 2.18. The predicted molar refractivity (Wildman–Crippen MR) is 47.5 cm³/mol. The smallest absolute Gasteiger partial charge is 0.216 e. The van der Waals surface area contributed by atoms with E-state index in [0.717, 1.165) is 6.07 Å². The molecule has 0 spiro atoms. The minimum absolute atomic E-state index is 0.186. The standard InChI is InChI=1S/C7H4N4O2S/c8-5-6-2-1-3-7(4-6)14(12,13)11-10-9/h1-4H. The lowest BCUT2D eigenvalue weighted by Crippen LogP contribution is -1.95. The zero-order valence-corrected chi connectivity index (χ0v) is 7.64. The second-order valence-corrected chi connectivity index (χ2v) is 3.87. The molecule has 0 amide bonds. The Kier molecular flexibility index (Phi) is 2.72. The van der Waals surface area contributed by atoms with Gasteiger partial charge in [-0.15, -0.1) is 0 Å². The molecule has 0 aliphatic carbocycles. The van der Waals surface area contributed by atoms with Gasteiger partial charge in [-0.25, -0.2) is 8.42 Å². The summed E-state index contributed by atoms with van der Waals surface area (Å²) in [7, 11) is -3.99. The lowest BCUT2D eigenvalue weighted by molar-refractivity contribution is 0.597. The van der Waals surface area contributed by atoms with Crippen molar-refractivity contribution in [1.82, 2.24) is 0 Å². The highest BCUT2D eigenvalue weighted by atomic mass is 32.2. The maximum Gasteiger partial charge on any atom is 0.264 e. The highest BCUT2D eigenvalue weighted by Crippen LogP contribution is 2.13. The van der Waals surface area contributed by atoms with Gasteiger partial charge in [0.25, 0.3) is 10.0 Å². The van der Waals surface area contributed by atoms with Crippen LogP contribution >= 0.6 is 0 Å². The largest absolute Gasteiger partial charge is 0.264 e. The number of azide groups is 1. The number of rotatable bonds is 2. The number of benzene rings is 1. The molecule has 0 radical (unpaired) electrons. The van der Waals surface area contributed by atoms with Gasteiger partial charge in [0, 0.05) is 9.43 Å². The summed E-state index contributed by atoms with van der Waals surface area (Å²) in [4.78, 5) is 2.01. The van der Waals surface area contributed by atoms with Gasteiger partial charge in [-0.2, -0.15) is 5.26 Å². The molecule has 7 heteroatoms. The van der Waals surface area contributed by atoms with E-state index in [-0.39, 0.29) is 10.5 Å². The van der Waals surface area contributed by atoms with E-state index in [1.54, 1.807) is 6.07 Å². The second kappa shape index (κ2) is 3.79. The highest BCUT2D eigenvalue weighted by Gasteiger charge is 2.11. The molecule has 0 heterocycles. The van der Waals surface area contributed by atoms with Crippen molar-refractivity contribution in [2.75, 3.05) is 0 Å². The molecule has 0 unspecified atom stereocenters. The van der Waals surface area contributed by atoms with Gasteiger partial charge < -0.3 is 0 Å². The molecule has 1 aromatic rings. The molecule has 0 saturated carbocycles. The van der Waals surface area contributed by atoms with Crippen molar-refractivity contribution in [2.24, 2.45) is 4.52 Å². The van der Waals surface area contributed by atoms with Gasteiger partial charge in [0.05, 0.1) is 16.5 Å². The lowest BCUT2D eigenvalue weighted by Gasteiger charge is -1.96. The first-order valence-corrected chi connectivity index (χ1v) is 4.86. The first-order chi connectivity index (χ1) is 6.60. The van der Waals surface area contributed by atoms with Crippen molar-refractivity contribution < 1.29 is 8.42 Å². The lowest BCUT2D eigenvalue weighted by atomic mass is 10.2. The van der Waals surface area contributed by atoms with E-state index in [1.807, 2.05) is 0 Å². The van der Waals surface area contributed by atoms with Gasteiger partial charge in [0.15, 0.2) is 0 Å². The summed E-state index contributed by atoms with van der Waals surface area (Å²) >= 11 is 0. The Morgan fingerprint density at radius 2 is 2.21 bits per heavy atom. The van der Waals surface area contributed by atoms with Gasteiger partial charge in [-0.05, 0) is 23.7 Å². The van der Waals surface area contributed by atoms with Gasteiger partial charge >= 0.3 is 0 Å². The Hall–Kier alpha value is -2.03. The van der Waals surface area contributed by atoms with E-state index in [9.17, 15) is 8.42 Å². The molecular formula is C7H4N4O2S. The Morgan fingerprint density at radius 1 is 1.50 bits per heavy atom. The Balaban J connectivity index is 3.35. The molecule has 6 nitrogen and oxygen atoms in total. The molecule has 14 heavy (non-hydrogen) atoms. The van der Waals surface area contributed by atoms with Crippen LogP contribution in [0.15, 0.2) is 33.7 Å². The topological polar surface area (TPSA) is 107 Å². The first-order valence-electron chi connectivity index (χ1n) is 3.42. The van der Waals surface area contributed by atoms with Crippen LogP contribution in [0.5, 0.6) is 0 Å². The van der Waals surface area contributed by atoms with Crippen molar-refractivity contribution in [1.29, 1.82) is 5.26 Å². The van der Waals surface area contributed by atoms with Crippen LogP contribution in [0.25, 0.3) is 10.4 Å². The molecule has 0 fully saturated rings. The van der Waals surface area contributed by atoms with Crippen molar-refractivity contribution in [3.05, 3.63) is 40.3 Å². The van der Waals surface area contributed by atoms with Crippen molar-refractivity contribution in [2.45, 2.75) is 4.90 Å². The van der Waals surface area contributed by atoms with E-state index in [1.165, 1.54) is 18.2 Å². The number of nitrogens with zero attached hydrogens (tertiary/aromatic N) is 4. The molecule has 0 aliphatic heterocycles. The second-order valence-electron chi connectivity index (χ2n) is 2.29. The summed E-state index contributed by atoms with van der Waals surface area (Å²) in [6.07, 6.45) is 0. The van der Waals surface area contributed by atoms with Crippen LogP contribution in [-0.4, -0.2) is 8.42 Å². The summed E-state index contributed by atoms with van der Waals surface area (Å²) < 4.78 is 25.0. The van der Waals surface area contributed by atoms with Gasteiger partial charge in [-0.1, -0.05) is 6.07 Å². The van der Waals surface area contributed by atoms with E-state index in [2.05, 4.69) is 9.43 Å². The molecule has 0 N–H and O–H groups in total. The Labute approximate surface area is 80.1 Å². The van der Waals surface area contributed by atoms with E-state index in [0.29, 0.717) is 0 Å². The maximum atomic E-state index is 11.2. The minimum atomic E-state index is -3.99. The normalized spacial score (nSPS) is 9.93. The molecular weight excluding hydrogens is 204 g/mol. The van der Waals surface area contributed by atoms with Gasteiger partial charge in [0.1, 0.15) is 0 Å². The summed E-state index contributed by atoms with van der Waals surface area (Å²) in [5.74, 6) is 0. The fraction of sp³-hybridized carbons (Fsp3) is 0. The Bertz CT molecular complexity index is 537. The van der Waals surface area contributed by atoms with Crippen LogP contribution in [-0.2, 0) is 10.0 Å². The minimum Gasteiger partial charge on any atom is -0.216 e. The summed E-state index contributed by atoms with van der Waals surface area (Å²) in [6.45, 7) is 0. The maximum absolute atomic E-state index is 11.2. The van der Waals surface area contributed by atoms with Crippen LogP contribution < -0.4 is 0 Å². The van der Waals surface area contributed by atoms with Crippen molar-refractivity contribution in [3.8, 4) is 6.07 Å². The van der Waals surface area contributed by atoms with Crippen LogP contribution in [0.2, 0.25) is 0 Å². The third kappa shape index (κ3) is 2.01. The fourth-order valence-corrected chi connectivity index (χ4v) is 1.54. The van der Waals surface area contributed by atoms with E-state index in [4.69, 9.17) is 10.8 Å². The quantitative estimate of drug-likeness (QED) is 0.418. The van der Waals surface area contributed by atoms with Crippen LogP contribution in [0.4, 0.5) is 0 Å². The SMILES string of the molecule is N#Cc1cccc(S(=O)(=O)N=[N+]=[N-])c1. The van der Waals surface area contributed by atoms with Crippen LogP contribution in [0.1, 0.15) is 5.56 Å². The molecule has 0 atom stereocenters. The molecule has 0 aromatic heterocycles. The summed E-state index contributed by atoms with van der Waals surface area (Å²) in [6, 6.07) is 7.03. The number of sulfonamides is 1. The van der Waals surface area contributed by atoms with Gasteiger partial charge in [0.2, 0.25) is 0 Å². The van der Waals surface area contributed by atoms with Crippen molar-refractivity contribution in [3.63, 3.8) is 0 Å². The summed E-state index contributed by atoms with van der Waals surface area (Å²) in [5, 5.41) is 8.51. The van der Waals surface area contributed by atoms with E-state index < -0.39 is 10.0 Å². The molecule has 0 saturated heterocycles. The number of hydrogen-bond donors (Lipinski definition) is 0. The average molecular weight is 208 g/mol. The van der Waals surface area contributed by atoms with Gasteiger partial charge in [-0.3, -0.25) is 0 Å². The van der Waals surface area contributed by atoms with Crippen LogP contribution in [0, 0.1) is 11.3 Å². The van der Waals surface area contributed by atoms with Crippen molar-refractivity contribution >= 4 is 10.0 Å². The molecule has 1 rings (SSSR count).